The maximum atomic E-state index is 5.40. The highest BCUT2D eigenvalue weighted by molar-refractivity contribution is 6.42. The molecule has 0 aromatic heterocycles. The van der Waals surface area contributed by atoms with Crippen molar-refractivity contribution in [3.63, 3.8) is 0 Å². The third-order valence-corrected chi connectivity index (χ3v) is 4.16. The third kappa shape index (κ3) is 11.9. The normalized spacial score (nSPS) is 13.7. The average molecular weight is 214 g/mol. The Bertz CT molecular complexity index is 128. The molecule has 0 aliphatic carbocycles. The van der Waals surface area contributed by atoms with Crippen LogP contribution in [-0.2, 0) is 4.74 Å². The van der Waals surface area contributed by atoms with Crippen LogP contribution >= 0.6 is 0 Å². The van der Waals surface area contributed by atoms with Gasteiger partial charge in [-0.25, -0.2) is 0 Å². The Morgan fingerprint density at radius 3 is 1.77 bits per heavy atom. The second kappa shape index (κ2) is 11.9. The summed E-state index contributed by atoms with van der Waals surface area (Å²) in [7, 11) is 0.205. The lowest BCUT2D eigenvalue weighted by Gasteiger charge is -1.94. The highest BCUT2D eigenvalue weighted by Gasteiger charge is 1.79. The van der Waals surface area contributed by atoms with Crippen molar-refractivity contribution in [2.24, 2.45) is 0 Å². The fraction of sp³-hybridized carbons (Fsp3) is 0.600. The first kappa shape index (κ1) is 12.9. The van der Waals surface area contributed by atoms with Crippen LogP contribution < -0.4 is 0 Å². The van der Waals surface area contributed by atoms with Gasteiger partial charge < -0.3 is 4.74 Å². The van der Waals surface area contributed by atoms with Gasteiger partial charge in [0.05, 0.1) is 13.2 Å². The first-order chi connectivity index (χ1) is 6.41. The lowest BCUT2D eigenvalue weighted by atomic mass is 10.6. The van der Waals surface area contributed by atoms with Crippen LogP contribution in [0.25, 0.3) is 0 Å². The summed E-state index contributed by atoms with van der Waals surface area (Å²) in [6.07, 6.45) is 4.33. The van der Waals surface area contributed by atoms with Crippen LogP contribution in [0.15, 0.2) is 23.6 Å². The summed E-state index contributed by atoms with van der Waals surface area (Å²) in [5, 5.41) is 0. The van der Waals surface area contributed by atoms with E-state index in [9.17, 15) is 0 Å². The molecule has 0 amide bonds. The topological polar surface area (TPSA) is 9.23 Å². The van der Waals surface area contributed by atoms with E-state index < -0.39 is 0 Å². The molecular weight excluding hydrogens is 192 g/mol. The smallest absolute Gasteiger partial charge is 0.0647 e. The molecule has 0 saturated carbocycles. The molecule has 0 saturated heterocycles. The molecule has 0 radical (unpaired) electrons. The van der Waals surface area contributed by atoms with Crippen LogP contribution in [0.5, 0.6) is 0 Å². The molecular formula is C10H22OSi2. The predicted octanol–water partition coefficient (Wildman–Crippen LogP) is 1.24. The third-order valence-electron chi connectivity index (χ3n) is 1.67. The zero-order valence-electron chi connectivity index (χ0n) is 8.96. The first-order valence-corrected chi connectivity index (χ1v) is 8.92. The average Bonchev–Trinajstić information content (AvgIpc) is 2.16. The van der Waals surface area contributed by atoms with Crippen molar-refractivity contribution in [2.75, 3.05) is 13.2 Å². The molecule has 0 spiro atoms. The van der Waals surface area contributed by atoms with E-state index >= 15 is 0 Å². The summed E-state index contributed by atoms with van der Waals surface area (Å²) in [6.45, 7) is 6.08. The van der Waals surface area contributed by atoms with Crippen LogP contribution in [0.3, 0.4) is 0 Å². The van der Waals surface area contributed by atoms with E-state index in [4.69, 9.17) is 4.74 Å². The number of rotatable bonds is 8. The van der Waals surface area contributed by atoms with Crippen molar-refractivity contribution in [1.82, 2.24) is 0 Å². The van der Waals surface area contributed by atoms with E-state index in [1.165, 1.54) is 12.1 Å². The zero-order chi connectivity index (χ0) is 9.78. The summed E-state index contributed by atoms with van der Waals surface area (Å²) in [6, 6.07) is 2.72. The summed E-state index contributed by atoms with van der Waals surface area (Å²) in [5.74, 6) is 0. The number of ether oxygens (including phenoxy) is 1. The summed E-state index contributed by atoms with van der Waals surface area (Å²) < 4.78 is 5.40. The minimum Gasteiger partial charge on any atom is -0.373 e. The Morgan fingerprint density at radius 1 is 0.923 bits per heavy atom. The van der Waals surface area contributed by atoms with Gasteiger partial charge in [0.15, 0.2) is 0 Å². The Hall–Kier alpha value is -0.126. The maximum Gasteiger partial charge on any atom is 0.0647 e. The van der Waals surface area contributed by atoms with E-state index in [2.05, 4.69) is 37.4 Å². The molecule has 0 fully saturated rings. The fourth-order valence-electron chi connectivity index (χ4n) is 0.909. The number of hydrogen-bond donors (Lipinski definition) is 0. The molecule has 3 heteroatoms. The molecule has 13 heavy (non-hydrogen) atoms. The predicted molar refractivity (Wildman–Crippen MR) is 67.1 cm³/mol. The minimum absolute atomic E-state index is 0.102. The van der Waals surface area contributed by atoms with Crippen LogP contribution in [0, 0.1) is 0 Å². The molecule has 0 heterocycles. The van der Waals surface area contributed by atoms with E-state index in [0.29, 0.717) is 0 Å². The highest BCUT2D eigenvalue weighted by Crippen LogP contribution is 1.82. The van der Waals surface area contributed by atoms with E-state index in [0.717, 1.165) is 13.2 Å². The van der Waals surface area contributed by atoms with Crippen LogP contribution in [-0.4, -0.2) is 32.3 Å². The fourth-order valence-corrected chi connectivity index (χ4v) is 2.32. The molecule has 0 aliphatic heterocycles. The van der Waals surface area contributed by atoms with Crippen molar-refractivity contribution in [3.8, 4) is 0 Å². The molecule has 0 aromatic rings. The molecule has 0 N–H and O–H groups in total. The second-order valence-electron chi connectivity index (χ2n) is 3.06. The van der Waals surface area contributed by atoms with Crippen molar-refractivity contribution in [3.05, 3.63) is 23.6 Å². The molecule has 0 rings (SSSR count). The largest absolute Gasteiger partial charge is 0.373 e. The van der Waals surface area contributed by atoms with E-state index in [1.54, 1.807) is 0 Å². The van der Waals surface area contributed by atoms with Crippen LogP contribution in [0.4, 0.5) is 0 Å². The minimum atomic E-state index is 0.102. The standard InChI is InChI=1S/C10H22OSi2/c1-3-12-9-5-7-11-8-6-10-13-4-2/h5-6,9-10H,3-4,7-8,12-13H2,1-2H3. The van der Waals surface area contributed by atoms with Gasteiger partial charge in [0, 0.05) is 19.0 Å². The van der Waals surface area contributed by atoms with Gasteiger partial charge in [0.25, 0.3) is 0 Å². The first-order valence-electron chi connectivity index (χ1n) is 5.29. The number of hydrogen-bond acceptors (Lipinski definition) is 1. The lowest BCUT2D eigenvalue weighted by Crippen LogP contribution is -1.92. The molecule has 0 bridgehead atoms. The molecule has 76 valence electrons. The Kier molecular flexibility index (Phi) is 11.8. The van der Waals surface area contributed by atoms with Gasteiger partial charge in [0.2, 0.25) is 0 Å². The Balaban J connectivity index is 3.07. The lowest BCUT2D eigenvalue weighted by molar-refractivity contribution is 0.194. The zero-order valence-corrected chi connectivity index (χ0v) is 11.8. The molecule has 1 nitrogen and oxygen atoms in total. The van der Waals surface area contributed by atoms with E-state index in [1.807, 2.05) is 0 Å². The van der Waals surface area contributed by atoms with Crippen LogP contribution in [0.1, 0.15) is 13.8 Å². The molecule has 0 atom stereocenters. The molecule has 0 aliphatic rings. The van der Waals surface area contributed by atoms with Crippen molar-refractivity contribution < 1.29 is 4.74 Å². The van der Waals surface area contributed by atoms with Gasteiger partial charge >= 0.3 is 0 Å². The highest BCUT2D eigenvalue weighted by atomic mass is 28.2. The second-order valence-corrected chi connectivity index (χ2v) is 7.16. The van der Waals surface area contributed by atoms with Gasteiger partial charge in [-0.2, -0.15) is 0 Å². The van der Waals surface area contributed by atoms with E-state index in [-0.39, 0.29) is 19.0 Å². The van der Waals surface area contributed by atoms with Crippen LogP contribution in [0.2, 0.25) is 12.1 Å². The maximum absolute atomic E-state index is 5.40. The summed E-state index contributed by atoms with van der Waals surface area (Å²) >= 11 is 0. The van der Waals surface area contributed by atoms with Crippen molar-refractivity contribution in [1.29, 1.82) is 0 Å². The summed E-state index contributed by atoms with van der Waals surface area (Å²) in [5.41, 5.74) is 4.65. The quantitative estimate of drug-likeness (QED) is 0.436. The molecule has 0 unspecified atom stereocenters. The van der Waals surface area contributed by atoms with Gasteiger partial charge in [-0.1, -0.05) is 38.1 Å². The van der Waals surface area contributed by atoms with Gasteiger partial charge in [-0.3, -0.25) is 0 Å². The Labute approximate surface area is 86.9 Å². The van der Waals surface area contributed by atoms with Crippen molar-refractivity contribution >= 4 is 19.0 Å². The summed E-state index contributed by atoms with van der Waals surface area (Å²) in [4.78, 5) is 0. The molecule has 0 aromatic carbocycles. The SMILES string of the molecule is CC[SiH2]C=CCOCC=C[SiH2]CC. The van der Waals surface area contributed by atoms with Gasteiger partial charge in [-0.15, -0.1) is 11.4 Å². The van der Waals surface area contributed by atoms with Gasteiger partial charge in [-0.05, 0) is 0 Å². The van der Waals surface area contributed by atoms with Gasteiger partial charge in [0.1, 0.15) is 0 Å². The monoisotopic (exact) mass is 214 g/mol. The van der Waals surface area contributed by atoms with Crippen molar-refractivity contribution in [2.45, 2.75) is 25.9 Å². The Morgan fingerprint density at radius 2 is 1.38 bits per heavy atom.